The summed E-state index contributed by atoms with van der Waals surface area (Å²) in [6.45, 7) is 0. The SMILES string of the molecule is O=C(O)C=C(CCc1ccc(Cl)cc1F)c1ccccc1. The van der Waals surface area contributed by atoms with E-state index in [1.165, 1.54) is 12.1 Å². The standard InChI is InChI=1S/C17H14ClFO2/c18-15-9-8-13(16(19)11-15)6-7-14(10-17(20)21)12-4-2-1-3-5-12/h1-5,8-11H,6-7H2,(H,20,21). The van der Waals surface area contributed by atoms with Crippen molar-refractivity contribution in [2.24, 2.45) is 0 Å². The van der Waals surface area contributed by atoms with E-state index in [1.54, 1.807) is 12.1 Å². The van der Waals surface area contributed by atoms with E-state index in [0.29, 0.717) is 29.0 Å². The van der Waals surface area contributed by atoms with Crippen LogP contribution in [0.2, 0.25) is 5.02 Å². The van der Waals surface area contributed by atoms with Gasteiger partial charge in [0.05, 0.1) is 0 Å². The van der Waals surface area contributed by atoms with E-state index >= 15 is 0 Å². The van der Waals surface area contributed by atoms with Crippen molar-refractivity contribution in [3.05, 3.63) is 76.6 Å². The largest absolute Gasteiger partial charge is 0.478 e. The highest BCUT2D eigenvalue weighted by atomic mass is 35.5. The minimum absolute atomic E-state index is 0.348. The molecule has 0 saturated heterocycles. The molecule has 2 aromatic rings. The number of rotatable bonds is 5. The Bertz CT molecular complexity index is 666. The summed E-state index contributed by atoms with van der Waals surface area (Å²) in [5, 5.41) is 9.31. The van der Waals surface area contributed by atoms with Gasteiger partial charge in [-0.1, -0.05) is 48.0 Å². The van der Waals surface area contributed by atoms with Crippen LogP contribution in [0.25, 0.3) is 5.57 Å². The van der Waals surface area contributed by atoms with E-state index in [4.69, 9.17) is 16.7 Å². The van der Waals surface area contributed by atoms with Gasteiger partial charge < -0.3 is 5.11 Å². The van der Waals surface area contributed by atoms with Crippen molar-refractivity contribution in [3.8, 4) is 0 Å². The molecule has 2 rings (SSSR count). The van der Waals surface area contributed by atoms with Crippen molar-refractivity contribution in [2.45, 2.75) is 12.8 Å². The topological polar surface area (TPSA) is 37.3 Å². The van der Waals surface area contributed by atoms with Crippen LogP contribution in [0.4, 0.5) is 4.39 Å². The molecule has 0 aliphatic heterocycles. The van der Waals surface area contributed by atoms with E-state index < -0.39 is 5.97 Å². The number of carbonyl (C=O) groups is 1. The molecule has 0 fully saturated rings. The Morgan fingerprint density at radius 3 is 2.52 bits per heavy atom. The first-order chi connectivity index (χ1) is 10.1. The maximum Gasteiger partial charge on any atom is 0.328 e. The predicted molar refractivity (Wildman–Crippen MR) is 81.8 cm³/mol. The van der Waals surface area contributed by atoms with Gasteiger partial charge in [-0.05, 0) is 41.7 Å². The molecule has 0 bridgehead atoms. The summed E-state index contributed by atoms with van der Waals surface area (Å²) in [4.78, 5) is 10.9. The molecule has 0 heterocycles. The first kappa shape index (κ1) is 15.3. The van der Waals surface area contributed by atoms with Gasteiger partial charge >= 0.3 is 5.97 Å². The second kappa shape index (κ2) is 7.04. The molecule has 0 amide bonds. The van der Waals surface area contributed by atoms with Gasteiger partial charge in [-0.3, -0.25) is 0 Å². The number of aliphatic carboxylic acids is 1. The van der Waals surface area contributed by atoms with Crippen LogP contribution in [0.5, 0.6) is 0 Å². The van der Waals surface area contributed by atoms with Gasteiger partial charge in [-0.15, -0.1) is 0 Å². The Hall–Kier alpha value is -2.13. The molecule has 1 N–H and O–H groups in total. The molecule has 108 valence electrons. The maximum absolute atomic E-state index is 13.7. The zero-order chi connectivity index (χ0) is 15.2. The van der Waals surface area contributed by atoms with E-state index in [2.05, 4.69) is 0 Å². The van der Waals surface area contributed by atoms with E-state index in [1.807, 2.05) is 30.3 Å². The summed E-state index contributed by atoms with van der Waals surface area (Å²) >= 11 is 5.72. The fraction of sp³-hybridized carbons (Fsp3) is 0.118. The molecule has 0 aliphatic carbocycles. The van der Waals surface area contributed by atoms with Gasteiger partial charge in [0.1, 0.15) is 5.82 Å². The molecule has 2 nitrogen and oxygen atoms in total. The summed E-state index contributed by atoms with van der Waals surface area (Å²) in [6.07, 6.45) is 2.02. The predicted octanol–water partition coefficient (Wildman–Crippen LogP) is 4.58. The van der Waals surface area contributed by atoms with Gasteiger partial charge in [0.2, 0.25) is 0 Å². The van der Waals surface area contributed by atoms with Gasteiger partial charge in [-0.25, -0.2) is 9.18 Å². The average Bonchev–Trinajstić information content (AvgIpc) is 2.45. The lowest BCUT2D eigenvalue weighted by molar-refractivity contribution is -0.131. The Morgan fingerprint density at radius 1 is 1.19 bits per heavy atom. The summed E-state index contributed by atoms with van der Waals surface area (Å²) in [7, 11) is 0. The number of carboxylic acids is 1. The molecule has 21 heavy (non-hydrogen) atoms. The maximum atomic E-state index is 13.7. The average molecular weight is 305 g/mol. The quantitative estimate of drug-likeness (QED) is 0.821. The van der Waals surface area contributed by atoms with Crippen LogP contribution in [0, 0.1) is 5.82 Å². The molecular weight excluding hydrogens is 291 g/mol. The highest BCUT2D eigenvalue weighted by Gasteiger charge is 2.08. The van der Waals surface area contributed by atoms with Crippen LogP contribution in [0.1, 0.15) is 17.5 Å². The fourth-order valence-electron chi connectivity index (χ4n) is 2.09. The Labute approximate surface area is 127 Å². The first-order valence-electron chi connectivity index (χ1n) is 6.49. The fourth-order valence-corrected chi connectivity index (χ4v) is 2.25. The zero-order valence-corrected chi connectivity index (χ0v) is 12.0. The second-order valence-corrected chi connectivity index (χ2v) is 5.05. The lowest BCUT2D eigenvalue weighted by Crippen LogP contribution is -1.97. The van der Waals surface area contributed by atoms with Gasteiger partial charge in [0.25, 0.3) is 0 Å². The van der Waals surface area contributed by atoms with Crippen molar-refractivity contribution >= 4 is 23.1 Å². The van der Waals surface area contributed by atoms with Crippen molar-refractivity contribution in [1.29, 1.82) is 0 Å². The second-order valence-electron chi connectivity index (χ2n) is 4.61. The Morgan fingerprint density at radius 2 is 1.90 bits per heavy atom. The third-order valence-corrected chi connectivity index (χ3v) is 3.36. The van der Waals surface area contributed by atoms with Crippen molar-refractivity contribution in [3.63, 3.8) is 0 Å². The number of hydrogen-bond acceptors (Lipinski definition) is 1. The van der Waals surface area contributed by atoms with Crippen LogP contribution < -0.4 is 0 Å². The molecule has 0 saturated carbocycles. The molecular formula is C17H14ClFO2. The van der Waals surface area contributed by atoms with Crippen LogP contribution in [0.3, 0.4) is 0 Å². The zero-order valence-electron chi connectivity index (χ0n) is 11.2. The van der Waals surface area contributed by atoms with Crippen molar-refractivity contribution < 1.29 is 14.3 Å². The molecule has 4 heteroatoms. The molecule has 2 aromatic carbocycles. The summed E-state index contributed by atoms with van der Waals surface area (Å²) in [5.41, 5.74) is 2.01. The van der Waals surface area contributed by atoms with Gasteiger partial charge in [0.15, 0.2) is 0 Å². The normalized spacial score (nSPS) is 11.4. The smallest absolute Gasteiger partial charge is 0.328 e. The van der Waals surface area contributed by atoms with Crippen LogP contribution >= 0.6 is 11.6 Å². The van der Waals surface area contributed by atoms with Crippen molar-refractivity contribution in [2.75, 3.05) is 0 Å². The third-order valence-electron chi connectivity index (χ3n) is 3.12. The molecule has 0 atom stereocenters. The van der Waals surface area contributed by atoms with E-state index in [0.717, 1.165) is 5.56 Å². The lowest BCUT2D eigenvalue weighted by atomic mass is 9.98. The summed E-state index contributed by atoms with van der Waals surface area (Å²) in [6, 6.07) is 13.7. The highest BCUT2D eigenvalue weighted by Crippen LogP contribution is 2.22. The van der Waals surface area contributed by atoms with Crippen LogP contribution in [-0.4, -0.2) is 11.1 Å². The molecule has 0 unspecified atom stereocenters. The Balaban J connectivity index is 2.19. The van der Waals surface area contributed by atoms with Crippen LogP contribution in [0.15, 0.2) is 54.6 Å². The van der Waals surface area contributed by atoms with E-state index in [9.17, 15) is 9.18 Å². The number of benzene rings is 2. The monoisotopic (exact) mass is 304 g/mol. The minimum atomic E-state index is -1.01. The molecule has 0 aromatic heterocycles. The lowest BCUT2D eigenvalue weighted by Gasteiger charge is -2.08. The van der Waals surface area contributed by atoms with Crippen LogP contribution in [-0.2, 0) is 11.2 Å². The van der Waals surface area contributed by atoms with Gasteiger partial charge in [0, 0.05) is 11.1 Å². The third kappa shape index (κ3) is 4.43. The highest BCUT2D eigenvalue weighted by molar-refractivity contribution is 6.30. The Kier molecular flexibility index (Phi) is 5.12. The number of halogens is 2. The number of aryl methyl sites for hydroxylation is 1. The number of carboxylic acid groups (broad SMARTS) is 1. The molecule has 0 radical (unpaired) electrons. The molecule has 0 spiro atoms. The first-order valence-corrected chi connectivity index (χ1v) is 6.87. The molecule has 0 aliphatic rings. The minimum Gasteiger partial charge on any atom is -0.478 e. The summed E-state index contributed by atoms with van der Waals surface area (Å²) in [5.74, 6) is -1.38. The number of hydrogen-bond donors (Lipinski definition) is 1. The van der Waals surface area contributed by atoms with E-state index in [-0.39, 0.29) is 5.82 Å². The summed E-state index contributed by atoms with van der Waals surface area (Å²) < 4.78 is 13.7. The van der Waals surface area contributed by atoms with Gasteiger partial charge in [-0.2, -0.15) is 0 Å². The number of allylic oxidation sites excluding steroid dienone is 1. The van der Waals surface area contributed by atoms with Crippen molar-refractivity contribution in [1.82, 2.24) is 0 Å².